The van der Waals surface area contributed by atoms with Crippen molar-refractivity contribution in [2.75, 3.05) is 25.1 Å². The Kier molecular flexibility index (Phi) is 3.79. The molecule has 4 nitrogen and oxygen atoms in total. The summed E-state index contributed by atoms with van der Waals surface area (Å²) in [6.45, 7) is 0.630. The number of hydrogen-bond donors (Lipinski definition) is 1. The van der Waals surface area contributed by atoms with Gasteiger partial charge in [-0.05, 0) is 12.1 Å². The molecule has 2 aromatic carbocycles. The molecule has 0 spiro atoms. The third-order valence-electron chi connectivity index (χ3n) is 3.41. The Balaban J connectivity index is 2.19. The average molecular weight is 279 g/mol. The molecule has 0 aliphatic heterocycles. The van der Waals surface area contributed by atoms with Crippen LogP contribution in [-0.2, 0) is 0 Å². The highest BCUT2D eigenvalue weighted by molar-refractivity contribution is 5.90. The summed E-state index contributed by atoms with van der Waals surface area (Å²) in [7, 11) is 1.93. The van der Waals surface area contributed by atoms with Crippen LogP contribution in [0.1, 0.15) is 0 Å². The largest absolute Gasteiger partial charge is 0.395 e. The lowest BCUT2D eigenvalue weighted by Crippen LogP contribution is -2.22. The summed E-state index contributed by atoms with van der Waals surface area (Å²) in [5, 5.41) is 10.2. The van der Waals surface area contributed by atoms with Crippen molar-refractivity contribution in [2.24, 2.45) is 0 Å². The number of rotatable bonds is 4. The van der Waals surface area contributed by atoms with E-state index in [1.807, 2.05) is 66.5 Å². The van der Waals surface area contributed by atoms with Gasteiger partial charge in [0, 0.05) is 24.5 Å². The van der Waals surface area contributed by atoms with Crippen LogP contribution >= 0.6 is 0 Å². The second-order valence-electron chi connectivity index (χ2n) is 4.90. The molecule has 0 fully saturated rings. The smallest absolute Gasteiger partial charge is 0.162 e. The number of para-hydroxylation sites is 1. The second-order valence-corrected chi connectivity index (χ2v) is 4.90. The van der Waals surface area contributed by atoms with E-state index in [1.54, 1.807) is 0 Å². The fraction of sp³-hybridized carbons (Fsp3) is 0.176. The molecule has 1 N–H and O–H groups in total. The van der Waals surface area contributed by atoms with Crippen LogP contribution in [-0.4, -0.2) is 35.3 Å². The van der Waals surface area contributed by atoms with Crippen LogP contribution in [0.15, 0.2) is 54.6 Å². The molecule has 0 saturated carbocycles. The number of nitrogens with zero attached hydrogens (tertiary/aromatic N) is 3. The first-order valence-electron chi connectivity index (χ1n) is 6.94. The SMILES string of the molecule is CN(CCO)c1nc(-c2ccccc2)nc2ccccc12. The van der Waals surface area contributed by atoms with Crippen LogP contribution in [0.25, 0.3) is 22.3 Å². The molecule has 21 heavy (non-hydrogen) atoms. The van der Waals surface area contributed by atoms with E-state index in [0.717, 1.165) is 22.3 Å². The number of aliphatic hydroxyl groups is 1. The average Bonchev–Trinajstić information content (AvgIpc) is 2.55. The van der Waals surface area contributed by atoms with Crippen molar-refractivity contribution in [3.63, 3.8) is 0 Å². The van der Waals surface area contributed by atoms with Crippen molar-refractivity contribution in [1.29, 1.82) is 0 Å². The number of likely N-dealkylation sites (N-methyl/N-ethyl adjacent to an activating group) is 1. The number of aromatic nitrogens is 2. The summed E-state index contributed by atoms with van der Waals surface area (Å²) in [6, 6.07) is 17.9. The number of aliphatic hydroxyl groups excluding tert-OH is 1. The number of fused-ring (bicyclic) bond motifs is 1. The Hall–Kier alpha value is -2.46. The lowest BCUT2D eigenvalue weighted by Gasteiger charge is -2.19. The van der Waals surface area contributed by atoms with Gasteiger partial charge in [-0.3, -0.25) is 0 Å². The van der Waals surface area contributed by atoms with Gasteiger partial charge in [-0.15, -0.1) is 0 Å². The van der Waals surface area contributed by atoms with Gasteiger partial charge in [-0.25, -0.2) is 9.97 Å². The molecular weight excluding hydrogens is 262 g/mol. The van der Waals surface area contributed by atoms with Gasteiger partial charge in [-0.1, -0.05) is 42.5 Å². The molecule has 106 valence electrons. The fourth-order valence-electron chi connectivity index (χ4n) is 2.32. The molecule has 0 unspecified atom stereocenters. The first-order chi connectivity index (χ1) is 10.3. The lowest BCUT2D eigenvalue weighted by molar-refractivity contribution is 0.304. The van der Waals surface area contributed by atoms with Gasteiger partial charge in [0.25, 0.3) is 0 Å². The molecule has 0 bridgehead atoms. The Bertz CT molecular complexity index is 743. The summed E-state index contributed by atoms with van der Waals surface area (Å²) < 4.78 is 0. The van der Waals surface area contributed by atoms with Crippen LogP contribution in [0, 0.1) is 0 Å². The minimum atomic E-state index is 0.0928. The van der Waals surface area contributed by atoms with E-state index in [9.17, 15) is 5.11 Å². The summed E-state index contributed by atoms with van der Waals surface area (Å²) in [4.78, 5) is 11.3. The Labute approximate surface area is 123 Å². The number of hydrogen-bond acceptors (Lipinski definition) is 4. The van der Waals surface area contributed by atoms with Gasteiger partial charge in [0.05, 0.1) is 12.1 Å². The van der Waals surface area contributed by atoms with Gasteiger partial charge >= 0.3 is 0 Å². The molecule has 0 atom stereocenters. The molecule has 4 heteroatoms. The van der Waals surface area contributed by atoms with E-state index >= 15 is 0 Å². The zero-order valence-electron chi connectivity index (χ0n) is 11.9. The van der Waals surface area contributed by atoms with Crippen LogP contribution < -0.4 is 4.90 Å². The standard InChI is InChI=1S/C17H17N3O/c1-20(11-12-21)17-14-9-5-6-10-15(14)18-16(19-17)13-7-3-2-4-8-13/h2-10,21H,11-12H2,1H3. The number of benzene rings is 2. The number of anilines is 1. The van der Waals surface area contributed by atoms with Crippen molar-refractivity contribution in [1.82, 2.24) is 9.97 Å². The highest BCUT2D eigenvalue weighted by atomic mass is 16.3. The van der Waals surface area contributed by atoms with Gasteiger partial charge in [0.2, 0.25) is 0 Å². The minimum absolute atomic E-state index is 0.0928. The maximum atomic E-state index is 9.17. The van der Waals surface area contributed by atoms with E-state index in [-0.39, 0.29) is 6.61 Å². The quantitative estimate of drug-likeness (QED) is 0.798. The predicted molar refractivity (Wildman–Crippen MR) is 85.3 cm³/mol. The maximum Gasteiger partial charge on any atom is 0.162 e. The zero-order valence-corrected chi connectivity index (χ0v) is 11.9. The van der Waals surface area contributed by atoms with Gasteiger partial charge in [0.1, 0.15) is 5.82 Å². The van der Waals surface area contributed by atoms with E-state index in [0.29, 0.717) is 12.4 Å². The van der Waals surface area contributed by atoms with Crippen molar-refractivity contribution in [3.05, 3.63) is 54.6 Å². The molecule has 1 aromatic heterocycles. The highest BCUT2D eigenvalue weighted by Crippen LogP contribution is 2.26. The molecule has 0 amide bonds. The molecule has 1 heterocycles. The lowest BCUT2D eigenvalue weighted by atomic mass is 10.2. The van der Waals surface area contributed by atoms with E-state index < -0.39 is 0 Å². The fourth-order valence-corrected chi connectivity index (χ4v) is 2.32. The summed E-state index contributed by atoms with van der Waals surface area (Å²) in [6.07, 6.45) is 0. The van der Waals surface area contributed by atoms with Crippen LogP contribution in [0.3, 0.4) is 0 Å². The molecule has 0 aliphatic rings. The summed E-state index contributed by atoms with van der Waals surface area (Å²) in [5.74, 6) is 1.54. The molecule has 3 aromatic rings. The maximum absolute atomic E-state index is 9.17. The van der Waals surface area contributed by atoms with Crippen LogP contribution in [0.4, 0.5) is 5.82 Å². The van der Waals surface area contributed by atoms with Crippen molar-refractivity contribution in [3.8, 4) is 11.4 Å². The van der Waals surface area contributed by atoms with Crippen LogP contribution in [0.5, 0.6) is 0 Å². The Morgan fingerprint density at radius 3 is 2.43 bits per heavy atom. The molecular formula is C17H17N3O. The van der Waals surface area contributed by atoms with E-state index in [4.69, 9.17) is 4.98 Å². The topological polar surface area (TPSA) is 49.2 Å². The zero-order chi connectivity index (χ0) is 14.7. The minimum Gasteiger partial charge on any atom is -0.395 e. The third kappa shape index (κ3) is 2.71. The van der Waals surface area contributed by atoms with Crippen molar-refractivity contribution < 1.29 is 5.11 Å². The normalized spacial score (nSPS) is 10.8. The van der Waals surface area contributed by atoms with Crippen LogP contribution in [0.2, 0.25) is 0 Å². The third-order valence-corrected chi connectivity index (χ3v) is 3.41. The monoisotopic (exact) mass is 279 g/mol. The Morgan fingerprint density at radius 2 is 1.67 bits per heavy atom. The summed E-state index contributed by atoms with van der Waals surface area (Å²) >= 11 is 0. The predicted octanol–water partition coefficient (Wildman–Crippen LogP) is 2.73. The highest BCUT2D eigenvalue weighted by Gasteiger charge is 2.12. The molecule has 0 radical (unpaired) electrons. The summed E-state index contributed by atoms with van der Waals surface area (Å²) in [5.41, 5.74) is 1.90. The van der Waals surface area contributed by atoms with Crippen molar-refractivity contribution >= 4 is 16.7 Å². The van der Waals surface area contributed by atoms with Gasteiger partial charge < -0.3 is 10.0 Å². The van der Waals surface area contributed by atoms with E-state index in [1.165, 1.54) is 0 Å². The van der Waals surface area contributed by atoms with Crippen molar-refractivity contribution in [2.45, 2.75) is 0 Å². The first kappa shape index (κ1) is 13.5. The van der Waals surface area contributed by atoms with E-state index in [2.05, 4.69) is 4.98 Å². The molecule has 0 saturated heterocycles. The molecule has 0 aliphatic carbocycles. The Morgan fingerprint density at radius 1 is 0.952 bits per heavy atom. The second kappa shape index (κ2) is 5.89. The molecule has 3 rings (SSSR count). The van der Waals surface area contributed by atoms with Gasteiger partial charge in [-0.2, -0.15) is 0 Å². The first-order valence-corrected chi connectivity index (χ1v) is 6.94. The van der Waals surface area contributed by atoms with Gasteiger partial charge in [0.15, 0.2) is 5.82 Å².